The second-order valence-electron chi connectivity index (χ2n) is 19.9. The largest absolute Gasteiger partial charge is 0.333 e. The molecule has 3 aliphatic carbocycles. The normalized spacial score (nSPS) is 19.5. The van der Waals surface area contributed by atoms with Crippen LogP contribution in [0.2, 0.25) is 0 Å². The average Bonchev–Trinajstić information content (AvgIpc) is 4.22. The number of para-hydroxylation sites is 1. The minimum Gasteiger partial charge on any atom is -0.333 e. The number of aromatic nitrogens is 3. The molecule has 332 valence electrons. The lowest BCUT2D eigenvalue weighted by Gasteiger charge is -2.28. The summed E-state index contributed by atoms with van der Waals surface area (Å²) in [7, 11) is 0. The first kappa shape index (κ1) is 39.6. The molecule has 5 heteroatoms. The highest BCUT2D eigenvalue weighted by Crippen LogP contribution is 2.60. The first-order valence-electron chi connectivity index (χ1n) is 24.8. The Hall–Kier alpha value is -8.41. The summed E-state index contributed by atoms with van der Waals surface area (Å²) in [6, 6.07) is 78.7. The van der Waals surface area contributed by atoms with E-state index in [1.54, 1.807) is 0 Å². The number of hydrogen-bond donors (Lipinski definition) is 0. The summed E-state index contributed by atoms with van der Waals surface area (Å²) in [5, 5.41) is 0. The lowest BCUT2D eigenvalue weighted by Crippen LogP contribution is -2.22. The third-order valence-electron chi connectivity index (χ3n) is 16.3. The molecule has 0 amide bonds. The van der Waals surface area contributed by atoms with Gasteiger partial charge in [-0.15, -0.1) is 0 Å². The third kappa shape index (κ3) is 5.94. The maximum Gasteiger partial charge on any atom is 0.234 e. The van der Waals surface area contributed by atoms with Crippen LogP contribution in [0.4, 0.5) is 23.0 Å². The van der Waals surface area contributed by atoms with Crippen molar-refractivity contribution >= 4 is 23.0 Å². The van der Waals surface area contributed by atoms with Gasteiger partial charge in [0.1, 0.15) is 0 Å². The van der Waals surface area contributed by atoms with Gasteiger partial charge in [0.2, 0.25) is 5.95 Å². The van der Waals surface area contributed by atoms with Gasteiger partial charge in [0.05, 0.1) is 12.1 Å². The number of benzene rings is 9. The fourth-order valence-corrected chi connectivity index (χ4v) is 13.0. The maximum absolute atomic E-state index is 5.28. The van der Waals surface area contributed by atoms with Crippen LogP contribution in [0.3, 0.4) is 0 Å². The molecule has 0 saturated carbocycles. The molecular weight excluding hydrogens is 851 g/mol. The highest BCUT2D eigenvalue weighted by atomic mass is 15.3. The fraction of sp³-hybridized carbons (Fsp3) is 0.123. The van der Waals surface area contributed by atoms with E-state index in [9.17, 15) is 0 Å². The Labute approximate surface area is 408 Å². The Morgan fingerprint density at radius 3 is 1.31 bits per heavy atom. The fourth-order valence-electron chi connectivity index (χ4n) is 13.0. The molecule has 5 nitrogen and oxygen atoms in total. The van der Waals surface area contributed by atoms with Gasteiger partial charge in [0.25, 0.3) is 0 Å². The first-order chi connectivity index (χ1) is 34.6. The topological polar surface area (TPSA) is 45.2 Å². The minimum absolute atomic E-state index is 0.0674. The lowest BCUT2D eigenvalue weighted by molar-refractivity contribution is 0.625. The number of fused-ring (bicyclic) bond motifs is 13. The molecule has 0 N–H and O–H groups in total. The van der Waals surface area contributed by atoms with E-state index in [-0.39, 0.29) is 12.0 Å². The van der Waals surface area contributed by atoms with E-state index in [0.717, 1.165) is 29.7 Å². The zero-order chi connectivity index (χ0) is 46.0. The molecule has 3 heterocycles. The van der Waals surface area contributed by atoms with Crippen molar-refractivity contribution in [2.75, 3.05) is 9.80 Å². The summed E-state index contributed by atoms with van der Waals surface area (Å²) in [5.41, 5.74) is 24.6. The zero-order valence-corrected chi connectivity index (χ0v) is 38.7. The summed E-state index contributed by atoms with van der Waals surface area (Å²) in [4.78, 5) is 20.6. The monoisotopic (exact) mass is 897 g/mol. The maximum atomic E-state index is 5.28. The van der Waals surface area contributed by atoms with Gasteiger partial charge in [-0.25, -0.2) is 4.98 Å². The molecule has 15 rings (SSSR count). The van der Waals surface area contributed by atoms with E-state index in [1.807, 2.05) is 36.4 Å². The molecule has 9 aromatic carbocycles. The van der Waals surface area contributed by atoms with Crippen LogP contribution in [0.25, 0.3) is 56.2 Å². The van der Waals surface area contributed by atoms with Crippen molar-refractivity contribution in [3.05, 3.63) is 257 Å². The molecule has 5 unspecified atom stereocenters. The minimum atomic E-state index is 0.0674. The van der Waals surface area contributed by atoms with Crippen LogP contribution in [-0.4, -0.2) is 15.0 Å². The lowest BCUT2D eigenvalue weighted by atomic mass is 9.91. The predicted octanol–water partition coefficient (Wildman–Crippen LogP) is 15.7. The molecule has 0 bridgehead atoms. The molecule has 5 atom stereocenters. The van der Waals surface area contributed by atoms with Gasteiger partial charge in [0.15, 0.2) is 11.6 Å². The van der Waals surface area contributed by atoms with Crippen LogP contribution >= 0.6 is 0 Å². The molecule has 0 radical (unpaired) electrons. The molecule has 0 saturated heterocycles. The highest BCUT2D eigenvalue weighted by molar-refractivity contribution is 5.88. The second-order valence-corrected chi connectivity index (χ2v) is 19.9. The van der Waals surface area contributed by atoms with Gasteiger partial charge in [-0.05, 0) is 139 Å². The Bertz CT molecular complexity index is 3680. The van der Waals surface area contributed by atoms with E-state index in [0.29, 0.717) is 35.5 Å². The van der Waals surface area contributed by atoms with E-state index < -0.39 is 0 Å². The van der Waals surface area contributed by atoms with Crippen LogP contribution in [0.1, 0.15) is 81.3 Å². The molecular formula is C65H47N5. The Morgan fingerprint density at radius 2 is 0.786 bits per heavy atom. The van der Waals surface area contributed by atoms with Crippen LogP contribution < -0.4 is 9.80 Å². The van der Waals surface area contributed by atoms with Gasteiger partial charge in [-0.3, -0.25) is 0 Å². The van der Waals surface area contributed by atoms with Crippen LogP contribution in [0.5, 0.6) is 0 Å². The summed E-state index contributed by atoms with van der Waals surface area (Å²) in [6.45, 7) is 2.37. The quantitative estimate of drug-likeness (QED) is 0.166. The number of hydrogen-bond acceptors (Lipinski definition) is 5. The molecule has 5 aliphatic rings. The van der Waals surface area contributed by atoms with E-state index in [2.05, 4.69) is 193 Å². The van der Waals surface area contributed by atoms with Gasteiger partial charge in [-0.2, -0.15) is 9.97 Å². The van der Waals surface area contributed by atoms with Crippen molar-refractivity contribution in [3.8, 4) is 56.2 Å². The smallest absolute Gasteiger partial charge is 0.234 e. The first-order valence-corrected chi connectivity index (χ1v) is 24.8. The second kappa shape index (κ2) is 15.3. The van der Waals surface area contributed by atoms with Crippen molar-refractivity contribution in [3.63, 3.8) is 0 Å². The highest BCUT2D eigenvalue weighted by Gasteiger charge is 2.47. The number of nitrogens with zero attached hydrogens (tertiary/aromatic N) is 5. The van der Waals surface area contributed by atoms with Gasteiger partial charge in [0, 0.05) is 45.9 Å². The van der Waals surface area contributed by atoms with Crippen molar-refractivity contribution in [1.82, 2.24) is 15.0 Å². The summed E-state index contributed by atoms with van der Waals surface area (Å²) in [6.07, 6.45) is 2.03. The van der Waals surface area contributed by atoms with Crippen LogP contribution in [0.15, 0.2) is 212 Å². The van der Waals surface area contributed by atoms with E-state index in [4.69, 9.17) is 15.0 Å². The summed E-state index contributed by atoms with van der Waals surface area (Å²) < 4.78 is 0. The summed E-state index contributed by atoms with van der Waals surface area (Å²) >= 11 is 0. The van der Waals surface area contributed by atoms with Gasteiger partial charge in [-0.1, -0.05) is 171 Å². The predicted molar refractivity (Wildman–Crippen MR) is 283 cm³/mol. The van der Waals surface area contributed by atoms with Gasteiger partial charge < -0.3 is 9.80 Å². The standard InChI is InChI=1S/C65H47N5/c1-39-49-29-25-42(44-27-31-59-55(35-44)57-37-46-19-11-13-23-51(46)61(57)69(59)48-21-9-4-10-22-48)33-53(49)54-34-43(26-30-50(39)54)45-28-32-60-56(36-45)58-38-47-20-12-14-24-52(47)62(58)70(60)65-67-63(40-15-5-2-6-16-40)66-64(68-65)41-17-7-3-8-18-41/h2-36,39,57-58,61-62H,37-38H2,1H3. The van der Waals surface area contributed by atoms with Gasteiger partial charge >= 0.3 is 0 Å². The number of anilines is 4. The molecule has 1 aromatic heterocycles. The van der Waals surface area contributed by atoms with E-state index in [1.165, 1.54) is 89.3 Å². The van der Waals surface area contributed by atoms with Crippen molar-refractivity contribution < 1.29 is 0 Å². The number of rotatable bonds is 6. The SMILES string of the molecule is CC1c2ccc(-c3ccc4c(c3)C3Cc5ccccc5C3N4c3ccccc3)cc2-c2cc(-c3ccc4c(c3)C3Cc5ccccc5C3N4c3nc(-c4ccccc4)nc(-c4ccccc4)n3)ccc21. The average molecular weight is 898 g/mol. The van der Waals surface area contributed by atoms with E-state index >= 15 is 0 Å². The third-order valence-corrected chi connectivity index (χ3v) is 16.3. The van der Waals surface area contributed by atoms with Crippen molar-refractivity contribution in [1.29, 1.82) is 0 Å². The molecule has 10 aromatic rings. The van der Waals surface area contributed by atoms with Crippen molar-refractivity contribution in [2.24, 2.45) is 0 Å². The van der Waals surface area contributed by atoms with Crippen molar-refractivity contribution in [2.45, 2.75) is 49.6 Å². The Kier molecular flexibility index (Phi) is 8.65. The van der Waals surface area contributed by atoms with Crippen LogP contribution in [-0.2, 0) is 12.8 Å². The molecule has 70 heavy (non-hydrogen) atoms. The molecule has 2 aliphatic heterocycles. The molecule has 0 spiro atoms. The molecule has 0 fully saturated rings. The van der Waals surface area contributed by atoms with Crippen LogP contribution in [0, 0.1) is 0 Å². The summed E-state index contributed by atoms with van der Waals surface area (Å²) in [5.74, 6) is 3.01. The Balaban J connectivity index is 0.811. The Morgan fingerprint density at radius 1 is 0.357 bits per heavy atom. The zero-order valence-electron chi connectivity index (χ0n) is 38.7.